The lowest BCUT2D eigenvalue weighted by atomic mass is 10.1. The summed E-state index contributed by atoms with van der Waals surface area (Å²) in [5.74, 6) is -0.468. The highest BCUT2D eigenvalue weighted by atomic mass is 35.5. The molecule has 18 heavy (non-hydrogen) atoms. The van der Waals surface area contributed by atoms with E-state index in [0.717, 1.165) is 5.56 Å². The monoisotopic (exact) mass is 325 g/mol. The zero-order valence-corrected chi connectivity index (χ0v) is 12.5. The lowest BCUT2D eigenvalue weighted by Gasteiger charge is -2.15. The molecule has 0 saturated heterocycles. The minimum atomic E-state index is -0.901. The van der Waals surface area contributed by atoms with Crippen LogP contribution in [0.25, 0.3) is 0 Å². The quantitative estimate of drug-likeness (QED) is 0.821. The largest absolute Gasteiger partial charge is 0.349 e. The summed E-state index contributed by atoms with van der Waals surface area (Å²) in [7, 11) is 0. The molecule has 6 heteroatoms. The highest BCUT2D eigenvalue weighted by Crippen LogP contribution is 2.53. The predicted molar refractivity (Wildman–Crippen MR) is 75.6 cm³/mol. The molecule has 1 aromatic rings. The first-order chi connectivity index (χ1) is 8.31. The van der Waals surface area contributed by atoms with E-state index in [1.165, 1.54) is 0 Å². The van der Waals surface area contributed by atoms with Gasteiger partial charge >= 0.3 is 0 Å². The van der Waals surface area contributed by atoms with Gasteiger partial charge in [-0.1, -0.05) is 29.3 Å². The zero-order chi connectivity index (χ0) is 13.5. The van der Waals surface area contributed by atoms with Gasteiger partial charge in [0.1, 0.15) is 4.33 Å². The molecule has 1 aromatic carbocycles. The number of halogens is 4. The molecule has 1 N–H and O–H groups in total. The summed E-state index contributed by atoms with van der Waals surface area (Å²) < 4.78 is -0.901. The van der Waals surface area contributed by atoms with Gasteiger partial charge in [0.15, 0.2) is 0 Å². The van der Waals surface area contributed by atoms with Gasteiger partial charge in [-0.15, -0.1) is 23.2 Å². The minimum Gasteiger partial charge on any atom is -0.349 e. The smallest absolute Gasteiger partial charge is 0.226 e. The molecule has 0 bridgehead atoms. The maximum absolute atomic E-state index is 11.8. The van der Waals surface area contributed by atoms with Crippen LogP contribution in [0.2, 0.25) is 10.0 Å². The standard InChI is InChI=1S/C12H11Cl4NO/c1-6(7-2-3-9(13)10(14)4-7)17-11(18)8-5-12(8,15)16/h2-4,6,8H,5H2,1H3,(H,17,18). The molecule has 0 aromatic heterocycles. The minimum absolute atomic E-state index is 0.140. The van der Waals surface area contributed by atoms with Crippen molar-refractivity contribution >= 4 is 52.3 Å². The van der Waals surface area contributed by atoms with Crippen LogP contribution in [-0.4, -0.2) is 10.2 Å². The third kappa shape index (κ3) is 3.05. The van der Waals surface area contributed by atoms with E-state index in [4.69, 9.17) is 46.4 Å². The number of hydrogen-bond acceptors (Lipinski definition) is 1. The van der Waals surface area contributed by atoms with E-state index in [2.05, 4.69) is 5.32 Å². The van der Waals surface area contributed by atoms with Crippen molar-refractivity contribution in [3.8, 4) is 0 Å². The number of amides is 1. The summed E-state index contributed by atoms with van der Waals surface area (Å²) in [5, 5.41) is 3.80. The molecule has 1 amide bonds. The SMILES string of the molecule is CC(NC(=O)C1CC1(Cl)Cl)c1ccc(Cl)c(Cl)c1. The van der Waals surface area contributed by atoms with E-state index in [9.17, 15) is 4.79 Å². The van der Waals surface area contributed by atoms with Crippen LogP contribution in [0, 0.1) is 5.92 Å². The van der Waals surface area contributed by atoms with Crippen molar-refractivity contribution < 1.29 is 4.79 Å². The van der Waals surface area contributed by atoms with E-state index >= 15 is 0 Å². The summed E-state index contributed by atoms with van der Waals surface area (Å²) in [5.41, 5.74) is 0.883. The zero-order valence-electron chi connectivity index (χ0n) is 9.51. The van der Waals surface area contributed by atoms with Gasteiger partial charge in [0.25, 0.3) is 0 Å². The van der Waals surface area contributed by atoms with E-state index in [-0.39, 0.29) is 17.9 Å². The van der Waals surface area contributed by atoms with Gasteiger partial charge in [0, 0.05) is 0 Å². The van der Waals surface area contributed by atoms with Gasteiger partial charge in [-0.3, -0.25) is 4.79 Å². The molecule has 0 radical (unpaired) electrons. The number of carbonyl (C=O) groups is 1. The van der Waals surface area contributed by atoms with Crippen LogP contribution in [0.4, 0.5) is 0 Å². The highest BCUT2D eigenvalue weighted by Gasteiger charge is 2.56. The molecule has 98 valence electrons. The van der Waals surface area contributed by atoms with E-state index in [0.29, 0.717) is 16.5 Å². The second kappa shape index (κ2) is 5.09. The molecule has 1 saturated carbocycles. The van der Waals surface area contributed by atoms with Crippen molar-refractivity contribution in [2.75, 3.05) is 0 Å². The Labute approximate surface area is 126 Å². The Morgan fingerprint density at radius 3 is 2.50 bits per heavy atom. The molecule has 0 aliphatic heterocycles. The van der Waals surface area contributed by atoms with Crippen LogP contribution in [0.15, 0.2) is 18.2 Å². The first-order valence-corrected chi connectivity index (χ1v) is 6.95. The van der Waals surface area contributed by atoms with Gasteiger partial charge in [0.05, 0.1) is 22.0 Å². The Balaban J connectivity index is 2.01. The molecule has 1 fully saturated rings. The maximum atomic E-state index is 11.8. The van der Waals surface area contributed by atoms with Crippen LogP contribution in [-0.2, 0) is 4.79 Å². The summed E-state index contributed by atoms with van der Waals surface area (Å²) in [4.78, 5) is 11.8. The Kier molecular flexibility index (Phi) is 4.03. The Morgan fingerprint density at radius 1 is 1.39 bits per heavy atom. The molecular formula is C12H11Cl4NO. The fourth-order valence-electron chi connectivity index (χ4n) is 1.68. The van der Waals surface area contributed by atoms with E-state index in [1.54, 1.807) is 12.1 Å². The lowest BCUT2D eigenvalue weighted by Crippen LogP contribution is -2.29. The van der Waals surface area contributed by atoms with Gasteiger partial charge < -0.3 is 5.32 Å². The molecule has 2 unspecified atom stereocenters. The van der Waals surface area contributed by atoms with Crippen LogP contribution in [0.3, 0.4) is 0 Å². The average molecular weight is 327 g/mol. The number of hydrogen-bond donors (Lipinski definition) is 1. The van der Waals surface area contributed by atoms with Gasteiger partial charge in [-0.05, 0) is 31.0 Å². The number of carbonyl (C=O) groups excluding carboxylic acids is 1. The molecule has 1 aliphatic rings. The number of nitrogens with one attached hydrogen (secondary N) is 1. The first kappa shape index (κ1) is 14.3. The number of benzene rings is 1. The van der Waals surface area contributed by atoms with Gasteiger partial charge in [-0.25, -0.2) is 0 Å². The Bertz CT molecular complexity index is 489. The van der Waals surface area contributed by atoms with Crippen molar-refractivity contribution in [3.05, 3.63) is 33.8 Å². The molecular weight excluding hydrogens is 316 g/mol. The summed E-state index contributed by atoms with van der Waals surface area (Å²) >= 11 is 23.4. The topological polar surface area (TPSA) is 29.1 Å². The van der Waals surface area contributed by atoms with Crippen LogP contribution >= 0.6 is 46.4 Å². The van der Waals surface area contributed by atoms with Crippen LogP contribution < -0.4 is 5.32 Å². The van der Waals surface area contributed by atoms with Crippen LogP contribution in [0.5, 0.6) is 0 Å². The van der Waals surface area contributed by atoms with Crippen molar-refractivity contribution in [2.45, 2.75) is 23.7 Å². The van der Waals surface area contributed by atoms with E-state index < -0.39 is 4.33 Å². The molecule has 1 aliphatic carbocycles. The third-order valence-corrected chi connectivity index (χ3v) is 4.52. The number of rotatable bonds is 3. The molecule has 2 rings (SSSR count). The molecule has 0 spiro atoms. The van der Waals surface area contributed by atoms with Crippen molar-refractivity contribution in [3.63, 3.8) is 0 Å². The average Bonchev–Trinajstić information content (AvgIpc) is 2.92. The molecule has 2 atom stereocenters. The second-order valence-electron chi connectivity index (χ2n) is 4.42. The summed E-state index contributed by atoms with van der Waals surface area (Å²) in [6.45, 7) is 1.87. The molecule has 2 nitrogen and oxygen atoms in total. The second-order valence-corrected chi connectivity index (χ2v) is 6.78. The first-order valence-electron chi connectivity index (χ1n) is 5.44. The summed E-state index contributed by atoms with van der Waals surface area (Å²) in [6.07, 6.45) is 0.496. The molecule has 0 heterocycles. The van der Waals surface area contributed by atoms with Crippen LogP contribution in [0.1, 0.15) is 24.9 Å². The highest BCUT2D eigenvalue weighted by molar-refractivity contribution is 6.52. The Hall–Kier alpha value is -0.150. The summed E-state index contributed by atoms with van der Waals surface area (Å²) in [6, 6.07) is 5.08. The van der Waals surface area contributed by atoms with Gasteiger partial charge in [-0.2, -0.15) is 0 Å². The van der Waals surface area contributed by atoms with E-state index in [1.807, 2.05) is 13.0 Å². The van der Waals surface area contributed by atoms with Crippen molar-refractivity contribution in [1.29, 1.82) is 0 Å². The predicted octanol–water partition coefficient (Wildman–Crippen LogP) is 4.36. The normalized spacial score (nSPS) is 22.4. The fraction of sp³-hybridized carbons (Fsp3) is 0.417. The fourth-order valence-corrected chi connectivity index (χ4v) is 2.49. The number of alkyl halides is 2. The van der Waals surface area contributed by atoms with Crippen molar-refractivity contribution in [2.24, 2.45) is 5.92 Å². The lowest BCUT2D eigenvalue weighted by molar-refractivity contribution is -0.123. The third-order valence-electron chi connectivity index (χ3n) is 2.94. The van der Waals surface area contributed by atoms with Crippen molar-refractivity contribution in [1.82, 2.24) is 5.32 Å². The maximum Gasteiger partial charge on any atom is 0.226 e. The van der Waals surface area contributed by atoms with Gasteiger partial charge in [0.2, 0.25) is 5.91 Å². The Morgan fingerprint density at radius 2 is 2.00 bits per heavy atom.